The van der Waals surface area contributed by atoms with E-state index in [1.54, 1.807) is 65.8 Å². The lowest BCUT2D eigenvalue weighted by atomic mass is 10.0. The molecular formula is C34H48N2O6S2. The van der Waals surface area contributed by atoms with Crippen molar-refractivity contribution >= 4 is 45.3 Å². The fourth-order valence-corrected chi connectivity index (χ4v) is 6.49. The number of hydrogen-bond donors (Lipinski definition) is 2. The normalized spacial score (nSPS) is 13.3. The predicted octanol–water partition coefficient (Wildman–Crippen LogP) is 7.46. The van der Waals surface area contributed by atoms with Crippen LogP contribution < -0.4 is 10.6 Å². The van der Waals surface area contributed by atoms with E-state index >= 15 is 0 Å². The van der Waals surface area contributed by atoms with Crippen LogP contribution in [0.4, 0.5) is 0 Å². The zero-order valence-corrected chi connectivity index (χ0v) is 29.2. The van der Waals surface area contributed by atoms with Crippen molar-refractivity contribution in [3.05, 3.63) is 59.7 Å². The maximum Gasteiger partial charge on any atom is 0.329 e. The number of benzene rings is 2. The van der Waals surface area contributed by atoms with E-state index in [0.717, 1.165) is 0 Å². The van der Waals surface area contributed by atoms with Crippen molar-refractivity contribution in [3.8, 4) is 0 Å². The summed E-state index contributed by atoms with van der Waals surface area (Å²) < 4.78 is 11.1. The van der Waals surface area contributed by atoms with Crippen LogP contribution >= 0.6 is 21.6 Å². The Hall–Kier alpha value is -2.98. The molecule has 242 valence electrons. The minimum atomic E-state index is -0.791. The van der Waals surface area contributed by atoms with Gasteiger partial charge in [-0.2, -0.15) is 0 Å². The monoisotopic (exact) mass is 644 g/mol. The lowest BCUT2D eigenvalue weighted by Gasteiger charge is -2.26. The van der Waals surface area contributed by atoms with Gasteiger partial charge in [0.15, 0.2) is 0 Å². The summed E-state index contributed by atoms with van der Waals surface area (Å²) in [6, 6.07) is 12.7. The van der Waals surface area contributed by atoms with E-state index in [-0.39, 0.29) is 23.7 Å². The van der Waals surface area contributed by atoms with E-state index < -0.39 is 35.2 Å². The van der Waals surface area contributed by atoms with Crippen molar-refractivity contribution in [3.63, 3.8) is 0 Å². The maximum absolute atomic E-state index is 13.4. The first-order valence-electron chi connectivity index (χ1n) is 15.0. The Balaban J connectivity index is 2.24. The molecule has 0 aromatic heterocycles. The molecule has 2 amide bonds. The first kappa shape index (κ1) is 37.2. The molecule has 0 unspecified atom stereocenters. The molecule has 2 atom stereocenters. The van der Waals surface area contributed by atoms with E-state index in [9.17, 15) is 19.2 Å². The molecule has 0 bridgehead atoms. The highest BCUT2D eigenvalue weighted by Crippen LogP contribution is 2.40. The van der Waals surface area contributed by atoms with Gasteiger partial charge in [-0.25, -0.2) is 9.59 Å². The number of carbonyl (C=O) groups excluding carboxylic acids is 4. The third kappa shape index (κ3) is 12.9. The summed E-state index contributed by atoms with van der Waals surface area (Å²) in [5.74, 6) is -1.39. The van der Waals surface area contributed by atoms with Crippen LogP contribution in [0.2, 0.25) is 0 Å². The van der Waals surface area contributed by atoms with Crippen LogP contribution in [0.5, 0.6) is 0 Å². The van der Waals surface area contributed by atoms with Crippen molar-refractivity contribution in [2.75, 3.05) is 0 Å². The molecule has 2 rings (SSSR count). The lowest BCUT2D eigenvalue weighted by Crippen LogP contribution is -2.45. The number of rotatable bonds is 13. The summed E-state index contributed by atoms with van der Waals surface area (Å²) in [4.78, 5) is 54.0. The third-order valence-corrected chi connectivity index (χ3v) is 8.37. The Kier molecular flexibility index (Phi) is 13.8. The molecule has 0 saturated heterocycles. The van der Waals surface area contributed by atoms with Crippen LogP contribution in [-0.2, 0) is 19.1 Å². The van der Waals surface area contributed by atoms with Gasteiger partial charge in [-0.05, 0) is 90.5 Å². The Morgan fingerprint density at radius 3 is 1.23 bits per heavy atom. The summed E-state index contributed by atoms with van der Waals surface area (Å²) in [7, 11) is 2.66. The highest BCUT2D eigenvalue weighted by atomic mass is 33.1. The molecule has 44 heavy (non-hydrogen) atoms. The standard InChI is InChI=1S/C34H48N2O6S2/c1-21(2)19-25(31(39)41-33(5,6)7)35-29(37)23-15-11-13-17-27(23)43-44-28-18-14-12-16-24(28)30(38)36-26(20-22(3)4)32(40)42-34(8,9)10/h11-18,21-22,25-26H,19-20H2,1-10H3,(H,35,37)(H,36,38)/t25-,26-/m0/s1. The Bertz CT molecular complexity index is 1200. The molecule has 0 heterocycles. The van der Waals surface area contributed by atoms with Gasteiger partial charge in [-0.3, -0.25) is 9.59 Å². The fourth-order valence-electron chi connectivity index (χ4n) is 4.13. The number of nitrogens with one attached hydrogen (secondary N) is 2. The van der Waals surface area contributed by atoms with E-state index in [2.05, 4.69) is 10.6 Å². The number of carbonyl (C=O) groups is 4. The molecule has 0 saturated carbocycles. The number of esters is 2. The molecule has 2 aromatic carbocycles. The van der Waals surface area contributed by atoms with Crippen LogP contribution in [0.25, 0.3) is 0 Å². The molecule has 2 N–H and O–H groups in total. The largest absolute Gasteiger partial charge is 0.458 e. The van der Waals surface area contributed by atoms with Crippen LogP contribution in [0.3, 0.4) is 0 Å². The second-order valence-corrected chi connectivity index (χ2v) is 15.8. The minimum absolute atomic E-state index is 0.158. The summed E-state index contributed by atoms with van der Waals surface area (Å²) in [6.07, 6.45) is 0.878. The van der Waals surface area contributed by atoms with Crippen molar-refractivity contribution in [1.82, 2.24) is 10.6 Å². The first-order valence-corrected chi connectivity index (χ1v) is 17.1. The molecule has 10 heteroatoms. The number of ether oxygens (including phenoxy) is 2. The van der Waals surface area contributed by atoms with Crippen molar-refractivity contribution in [2.45, 2.75) is 115 Å². The van der Waals surface area contributed by atoms with Gasteiger partial charge >= 0.3 is 11.9 Å². The smallest absolute Gasteiger partial charge is 0.329 e. The molecule has 0 aliphatic heterocycles. The topological polar surface area (TPSA) is 111 Å². The van der Waals surface area contributed by atoms with Crippen LogP contribution in [0.15, 0.2) is 58.3 Å². The third-order valence-electron chi connectivity index (χ3n) is 5.89. The number of amides is 2. The molecule has 0 aliphatic carbocycles. The van der Waals surface area contributed by atoms with E-state index in [0.29, 0.717) is 33.8 Å². The van der Waals surface area contributed by atoms with Gasteiger partial charge in [0.25, 0.3) is 11.8 Å². The second kappa shape index (κ2) is 16.4. The van der Waals surface area contributed by atoms with Crippen molar-refractivity contribution in [2.24, 2.45) is 11.8 Å². The molecule has 0 radical (unpaired) electrons. The minimum Gasteiger partial charge on any atom is -0.458 e. The van der Waals surface area contributed by atoms with E-state index in [4.69, 9.17) is 9.47 Å². The average molecular weight is 645 g/mol. The predicted molar refractivity (Wildman–Crippen MR) is 178 cm³/mol. The van der Waals surface area contributed by atoms with Crippen LogP contribution in [0.1, 0.15) is 103 Å². The maximum atomic E-state index is 13.4. The van der Waals surface area contributed by atoms with Crippen molar-refractivity contribution in [1.29, 1.82) is 0 Å². The zero-order valence-electron chi connectivity index (χ0n) is 27.6. The van der Waals surface area contributed by atoms with Gasteiger partial charge < -0.3 is 20.1 Å². The van der Waals surface area contributed by atoms with Gasteiger partial charge in [-0.15, -0.1) is 0 Å². The highest BCUT2D eigenvalue weighted by molar-refractivity contribution is 8.76. The summed E-state index contributed by atoms with van der Waals surface area (Å²) in [5.41, 5.74) is -0.539. The van der Waals surface area contributed by atoms with Gasteiger partial charge in [0.05, 0.1) is 11.1 Å². The number of hydrogen-bond acceptors (Lipinski definition) is 8. The molecule has 8 nitrogen and oxygen atoms in total. The molecular weight excluding hydrogens is 597 g/mol. The molecule has 2 aromatic rings. The fraction of sp³-hybridized carbons (Fsp3) is 0.529. The highest BCUT2D eigenvalue weighted by Gasteiger charge is 2.30. The van der Waals surface area contributed by atoms with E-state index in [1.807, 2.05) is 52.0 Å². The Morgan fingerprint density at radius 1 is 0.614 bits per heavy atom. The Labute approximate surface area is 270 Å². The van der Waals surface area contributed by atoms with Crippen LogP contribution in [0, 0.1) is 11.8 Å². The first-order chi connectivity index (χ1) is 20.4. The van der Waals surface area contributed by atoms with Gasteiger partial charge in [0, 0.05) is 9.79 Å². The summed E-state index contributed by atoms with van der Waals surface area (Å²) >= 11 is 0. The lowest BCUT2D eigenvalue weighted by molar-refractivity contribution is -0.158. The van der Waals surface area contributed by atoms with Crippen molar-refractivity contribution < 1.29 is 28.7 Å². The van der Waals surface area contributed by atoms with Crippen LogP contribution in [-0.4, -0.2) is 47.0 Å². The molecule has 0 spiro atoms. The molecule has 0 fully saturated rings. The van der Waals surface area contributed by atoms with Gasteiger partial charge in [0.2, 0.25) is 0 Å². The summed E-state index contributed by atoms with van der Waals surface area (Å²) in [5, 5.41) is 5.75. The van der Waals surface area contributed by atoms with Gasteiger partial charge in [-0.1, -0.05) is 73.5 Å². The SMILES string of the molecule is CC(C)C[C@H](NC(=O)c1ccccc1SSc1ccccc1C(=O)N[C@@H](CC(C)C)C(=O)OC(C)(C)C)C(=O)OC(C)(C)C. The second-order valence-electron chi connectivity index (χ2n) is 13.5. The average Bonchev–Trinajstić information content (AvgIpc) is 2.89. The van der Waals surface area contributed by atoms with Gasteiger partial charge in [0.1, 0.15) is 23.3 Å². The Morgan fingerprint density at radius 2 is 0.932 bits per heavy atom. The summed E-state index contributed by atoms with van der Waals surface area (Å²) in [6.45, 7) is 18.7. The quantitative estimate of drug-likeness (QED) is 0.171. The zero-order chi connectivity index (χ0) is 33.2. The van der Waals surface area contributed by atoms with E-state index in [1.165, 1.54) is 21.6 Å². The molecule has 0 aliphatic rings.